The molecule has 5 heteroatoms. The molecule has 0 radical (unpaired) electrons. The molecular weight excluding hydrogens is 264 g/mol. The first-order chi connectivity index (χ1) is 10.1. The molecule has 0 spiro atoms. The molecule has 0 bridgehead atoms. The number of rotatable bonds is 5. The fourth-order valence-electron chi connectivity index (χ4n) is 2.56. The lowest BCUT2D eigenvalue weighted by atomic mass is 10.0. The molecule has 2 rings (SSSR count). The molecule has 21 heavy (non-hydrogen) atoms. The number of carbonyl (C=O) groups is 1. The van der Waals surface area contributed by atoms with Gasteiger partial charge in [-0.2, -0.15) is 0 Å². The van der Waals surface area contributed by atoms with Gasteiger partial charge in [-0.05, 0) is 30.9 Å². The van der Waals surface area contributed by atoms with Gasteiger partial charge in [0.2, 0.25) is 5.91 Å². The van der Waals surface area contributed by atoms with Gasteiger partial charge in [-0.15, -0.1) is 0 Å². The molecule has 1 saturated heterocycles. The first-order valence-electron chi connectivity index (χ1n) is 7.74. The maximum Gasteiger partial charge on any atom is 0.237 e. The summed E-state index contributed by atoms with van der Waals surface area (Å²) in [5.41, 5.74) is 6.97. The third-order valence-corrected chi connectivity index (χ3v) is 4.07. The quantitative estimate of drug-likeness (QED) is 0.853. The zero-order valence-electron chi connectivity index (χ0n) is 13.0. The van der Waals surface area contributed by atoms with Crippen molar-refractivity contribution in [2.45, 2.75) is 45.3 Å². The second-order valence-electron chi connectivity index (χ2n) is 6.15. The molecule has 5 nitrogen and oxygen atoms in total. The molecule has 1 fully saturated rings. The van der Waals surface area contributed by atoms with E-state index in [2.05, 4.69) is 21.3 Å². The van der Waals surface area contributed by atoms with E-state index in [1.54, 1.807) is 0 Å². The smallest absolute Gasteiger partial charge is 0.237 e. The zero-order chi connectivity index (χ0) is 15.2. The van der Waals surface area contributed by atoms with Crippen molar-refractivity contribution in [2.24, 2.45) is 11.7 Å². The lowest BCUT2D eigenvalue weighted by Gasteiger charge is -2.32. The molecule has 0 aliphatic carbocycles. The van der Waals surface area contributed by atoms with Crippen LogP contribution in [0, 0.1) is 5.92 Å². The number of nitrogens with one attached hydrogen (secondary N) is 1. The van der Waals surface area contributed by atoms with E-state index in [9.17, 15) is 4.79 Å². The van der Waals surface area contributed by atoms with Gasteiger partial charge in [0.25, 0.3) is 0 Å². The van der Waals surface area contributed by atoms with Gasteiger partial charge in [0.15, 0.2) is 0 Å². The molecular formula is C16H26N4O. The Hall–Kier alpha value is -1.46. The van der Waals surface area contributed by atoms with Crippen LogP contribution in [-0.2, 0) is 11.3 Å². The predicted molar refractivity (Wildman–Crippen MR) is 83.5 cm³/mol. The highest BCUT2D eigenvalue weighted by Crippen LogP contribution is 2.13. The van der Waals surface area contributed by atoms with Crippen LogP contribution in [0.4, 0.5) is 0 Å². The number of nitrogens with two attached hydrogens (primary N) is 1. The normalized spacial score (nSPS) is 18.7. The molecule has 116 valence electrons. The second kappa shape index (κ2) is 7.52. The van der Waals surface area contributed by atoms with Crippen LogP contribution in [0.25, 0.3) is 0 Å². The van der Waals surface area contributed by atoms with Crippen LogP contribution in [0.15, 0.2) is 24.4 Å². The molecule has 0 unspecified atom stereocenters. The molecule has 1 atom stereocenters. The Labute approximate surface area is 126 Å². The average molecular weight is 290 g/mol. The number of hydrogen-bond acceptors (Lipinski definition) is 4. The van der Waals surface area contributed by atoms with Crippen molar-refractivity contribution >= 4 is 5.91 Å². The summed E-state index contributed by atoms with van der Waals surface area (Å²) in [7, 11) is 0. The average Bonchev–Trinajstić information content (AvgIpc) is 2.49. The number of hydrogen-bond donors (Lipinski definition) is 2. The molecule has 1 amide bonds. The summed E-state index contributed by atoms with van der Waals surface area (Å²) in [6.45, 7) is 6.79. The van der Waals surface area contributed by atoms with Crippen molar-refractivity contribution in [1.82, 2.24) is 15.2 Å². The fraction of sp³-hybridized carbons (Fsp3) is 0.625. The van der Waals surface area contributed by atoms with Crippen LogP contribution in [-0.4, -0.2) is 41.0 Å². The van der Waals surface area contributed by atoms with Gasteiger partial charge in [-0.3, -0.25) is 14.7 Å². The first-order valence-corrected chi connectivity index (χ1v) is 7.74. The molecule has 1 aromatic heterocycles. The van der Waals surface area contributed by atoms with E-state index < -0.39 is 6.04 Å². The third kappa shape index (κ3) is 4.79. The van der Waals surface area contributed by atoms with Crippen molar-refractivity contribution < 1.29 is 4.79 Å². The molecule has 0 saturated carbocycles. The minimum Gasteiger partial charge on any atom is -0.352 e. The highest BCUT2D eigenvalue weighted by atomic mass is 16.2. The number of aromatic nitrogens is 1. The molecule has 3 N–H and O–H groups in total. The van der Waals surface area contributed by atoms with Gasteiger partial charge in [0, 0.05) is 31.9 Å². The monoisotopic (exact) mass is 290 g/mol. The van der Waals surface area contributed by atoms with Crippen molar-refractivity contribution in [1.29, 1.82) is 0 Å². The van der Waals surface area contributed by atoms with E-state index in [-0.39, 0.29) is 17.9 Å². The van der Waals surface area contributed by atoms with Gasteiger partial charge >= 0.3 is 0 Å². The summed E-state index contributed by atoms with van der Waals surface area (Å²) in [6, 6.07) is 5.85. The highest BCUT2D eigenvalue weighted by molar-refractivity contribution is 5.82. The van der Waals surface area contributed by atoms with Crippen LogP contribution in [0.5, 0.6) is 0 Å². The molecule has 1 aromatic rings. The Morgan fingerprint density at radius 3 is 2.71 bits per heavy atom. The largest absolute Gasteiger partial charge is 0.352 e. The molecule has 1 aliphatic heterocycles. The summed E-state index contributed by atoms with van der Waals surface area (Å²) in [5.74, 6) is 0.155. The number of pyridine rings is 1. The van der Waals surface area contributed by atoms with Crippen molar-refractivity contribution in [3.63, 3.8) is 0 Å². The summed E-state index contributed by atoms with van der Waals surface area (Å²) in [5, 5.41) is 3.08. The summed E-state index contributed by atoms with van der Waals surface area (Å²) in [6.07, 6.45) is 3.78. The minimum absolute atomic E-state index is 0.0202. The van der Waals surface area contributed by atoms with Crippen LogP contribution in [0.2, 0.25) is 0 Å². The van der Waals surface area contributed by atoms with Crippen molar-refractivity contribution in [3.8, 4) is 0 Å². The van der Waals surface area contributed by atoms with Gasteiger partial charge in [-0.25, -0.2) is 0 Å². The summed E-state index contributed by atoms with van der Waals surface area (Å²) < 4.78 is 0. The summed E-state index contributed by atoms with van der Waals surface area (Å²) >= 11 is 0. The Bertz CT molecular complexity index is 441. The number of amides is 1. The maximum atomic E-state index is 12.0. The van der Waals surface area contributed by atoms with E-state index in [4.69, 9.17) is 5.73 Å². The topological polar surface area (TPSA) is 71.2 Å². The van der Waals surface area contributed by atoms with Crippen LogP contribution in [0.3, 0.4) is 0 Å². The van der Waals surface area contributed by atoms with E-state index >= 15 is 0 Å². The highest BCUT2D eigenvalue weighted by Gasteiger charge is 2.24. The molecule has 0 aromatic carbocycles. The van der Waals surface area contributed by atoms with E-state index in [0.29, 0.717) is 0 Å². The first kappa shape index (κ1) is 15.9. The van der Waals surface area contributed by atoms with Crippen LogP contribution in [0.1, 0.15) is 32.4 Å². The van der Waals surface area contributed by atoms with Crippen LogP contribution < -0.4 is 11.1 Å². The Balaban J connectivity index is 1.74. The minimum atomic E-state index is -0.406. The van der Waals surface area contributed by atoms with Gasteiger partial charge in [-0.1, -0.05) is 19.9 Å². The van der Waals surface area contributed by atoms with E-state index in [1.807, 2.05) is 32.2 Å². The van der Waals surface area contributed by atoms with Crippen molar-refractivity contribution in [2.75, 3.05) is 13.1 Å². The standard InChI is InChI=1S/C16H26N4O/c1-12(2)15(17)16(21)19-13-6-9-20(10-7-13)11-14-5-3-4-8-18-14/h3-5,8,12-13,15H,6-7,9-11,17H2,1-2H3,(H,19,21)/t15-/m0/s1. The third-order valence-electron chi connectivity index (χ3n) is 4.07. The van der Waals surface area contributed by atoms with Gasteiger partial charge in [0.05, 0.1) is 11.7 Å². The zero-order valence-corrected chi connectivity index (χ0v) is 13.0. The Morgan fingerprint density at radius 2 is 2.14 bits per heavy atom. The fourth-order valence-corrected chi connectivity index (χ4v) is 2.56. The predicted octanol–water partition coefficient (Wildman–Crippen LogP) is 1.15. The summed E-state index contributed by atoms with van der Waals surface area (Å²) in [4.78, 5) is 18.7. The Kier molecular flexibility index (Phi) is 5.70. The van der Waals surface area contributed by atoms with E-state index in [1.165, 1.54) is 0 Å². The van der Waals surface area contributed by atoms with E-state index in [0.717, 1.165) is 38.2 Å². The molecule has 2 heterocycles. The number of likely N-dealkylation sites (tertiary alicyclic amines) is 1. The number of piperidine rings is 1. The number of nitrogens with zero attached hydrogens (tertiary/aromatic N) is 2. The lowest BCUT2D eigenvalue weighted by Crippen LogP contribution is -2.51. The lowest BCUT2D eigenvalue weighted by molar-refractivity contribution is -0.124. The SMILES string of the molecule is CC(C)[C@H](N)C(=O)NC1CCN(Cc2ccccn2)CC1. The maximum absolute atomic E-state index is 12.0. The van der Waals surface area contributed by atoms with Gasteiger partial charge in [0.1, 0.15) is 0 Å². The Morgan fingerprint density at radius 1 is 1.43 bits per heavy atom. The van der Waals surface area contributed by atoms with Crippen molar-refractivity contribution in [3.05, 3.63) is 30.1 Å². The molecule has 1 aliphatic rings. The van der Waals surface area contributed by atoms with Gasteiger partial charge < -0.3 is 11.1 Å². The second-order valence-corrected chi connectivity index (χ2v) is 6.15. The number of carbonyl (C=O) groups excluding carboxylic acids is 1. The van der Waals surface area contributed by atoms with Crippen LogP contribution >= 0.6 is 0 Å².